The van der Waals surface area contributed by atoms with Crippen molar-refractivity contribution in [2.45, 2.75) is 64.4 Å². The van der Waals surface area contributed by atoms with Gasteiger partial charge in [-0.05, 0) is 48.2 Å². The van der Waals surface area contributed by atoms with E-state index in [9.17, 15) is 10.2 Å². The summed E-state index contributed by atoms with van der Waals surface area (Å²) in [5, 5.41) is 18.8. The second kappa shape index (κ2) is 15.9. The van der Waals surface area contributed by atoms with E-state index in [0.29, 0.717) is 6.10 Å². The first-order valence-electron chi connectivity index (χ1n) is 13.5. The molecule has 1 saturated heterocycles. The predicted octanol–water partition coefficient (Wildman–Crippen LogP) is 5.64. The molecule has 0 amide bonds. The third kappa shape index (κ3) is 10.9. The van der Waals surface area contributed by atoms with Crippen LogP contribution in [0.1, 0.15) is 58.3 Å². The quantitative estimate of drug-likeness (QED) is 0.181. The molecule has 2 aromatic carbocycles. The average Bonchev–Trinajstić information content (AvgIpc) is 3.75. The first-order chi connectivity index (χ1) is 17.6. The van der Waals surface area contributed by atoms with Gasteiger partial charge in [0.2, 0.25) is 0 Å². The average molecular weight is 501 g/mol. The van der Waals surface area contributed by atoms with Crippen LogP contribution >= 0.6 is 0 Å². The highest BCUT2D eigenvalue weighted by molar-refractivity contribution is 5.64. The zero-order valence-corrected chi connectivity index (χ0v) is 21.8. The molecule has 0 spiro atoms. The molecule has 1 atom stereocenters. The van der Waals surface area contributed by atoms with E-state index in [4.69, 9.17) is 18.9 Å². The lowest BCUT2D eigenvalue weighted by Crippen LogP contribution is -2.32. The van der Waals surface area contributed by atoms with Gasteiger partial charge in [-0.15, -0.1) is 0 Å². The van der Waals surface area contributed by atoms with E-state index < -0.39 is 5.41 Å². The van der Waals surface area contributed by atoms with E-state index in [1.807, 2.05) is 36.4 Å². The molecule has 1 unspecified atom stereocenters. The zero-order chi connectivity index (χ0) is 25.5. The molecule has 3 rings (SSSR count). The molecule has 1 heterocycles. The first-order valence-corrected chi connectivity index (χ1v) is 13.5. The van der Waals surface area contributed by atoms with Gasteiger partial charge in [-0.1, -0.05) is 69.7 Å². The van der Waals surface area contributed by atoms with Gasteiger partial charge in [-0.2, -0.15) is 0 Å². The summed E-state index contributed by atoms with van der Waals surface area (Å²) in [4.78, 5) is 0. The van der Waals surface area contributed by atoms with Gasteiger partial charge in [-0.3, -0.25) is 0 Å². The Hall–Kier alpha value is -2.12. The third-order valence-corrected chi connectivity index (χ3v) is 6.55. The molecule has 6 nitrogen and oxygen atoms in total. The predicted molar refractivity (Wildman–Crippen MR) is 143 cm³/mol. The number of ether oxygens (including phenoxy) is 4. The minimum absolute atomic E-state index is 0.121. The van der Waals surface area contributed by atoms with Crippen LogP contribution in [0.3, 0.4) is 0 Å². The van der Waals surface area contributed by atoms with Crippen molar-refractivity contribution < 1.29 is 29.2 Å². The van der Waals surface area contributed by atoms with E-state index >= 15 is 0 Å². The smallest absolute Gasteiger partial charge is 0.119 e. The summed E-state index contributed by atoms with van der Waals surface area (Å²) >= 11 is 0. The molecule has 6 heteroatoms. The molecular weight excluding hydrogens is 456 g/mol. The molecule has 1 aliphatic heterocycles. The lowest BCUT2D eigenvalue weighted by atomic mass is 9.94. The minimum atomic E-state index is -0.643. The Bertz CT molecular complexity index is 828. The van der Waals surface area contributed by atoms with E-state index in [1.165, 1.54) is 38.5 Å². The van der Waals surface area contributed by atoms with Gasteiger partial charge in [0.25, 0.3) is 0 Å². The van der Waals surface area contributed by atoms with Crippen molar-refractivity contribution in [3.8, 4) is 22.6 Å². The standard InChI is InChI=1S/C30H44O6/c1-30(22-31,23-32)24-36-28-16-12-26(13-17-28)25-10-14-27(15-11-25)34-19-9-7-5-3-2-4-6-8-18-33-20-29-21-35-29/h10-17,29,31-32H,2-9,18-24H2,1H3. The van der Waals surface area contributed by atoms with Crippen LogP contribution in [0.25, 0.3) is 11.1 Å². The fraction of sp³-hybridized carbons (Fsp3) is 0.600. The van der Waals surface area contributed by atoms with Crippen molar-refractivity contribution >= 4 is 0 Å². The van der Waals surface area contributed by atoms with Crippen LogP contribution in [0.5, 0.6) is 11.5 Å². The highest BCUT2D eigenvalue weighted by Gasteiger charge is 2.23. The Balaban J connectivity index is 1.22. The molecule has 0 radical (unpaired) electrons. The maximum atomic E-state index is 9.38. The van der Waals surface area contributed by atoms with Crippen molar-refractivity contribution in [1.29, 1.82) is 0 Å². The molecule has 1 aliphatic rings. The summed E-state index contributed by atoms with van der Waals surface area (Å²) in [7, 11) is 0. The van der Waals surface area contributed by atoms with Crippen molar-refractivity contribution in [3.05, 3.63) is 48.5 Å². The number of rotatable bonds is 20. The van der Waals surface area contributed by atoms with Gasteiger partial charge < -0.3 is 29.2 Å². The maximum Gasteiger partial charge on any atom is 0.119 e. The molecule has 2 aromatic rings. The number of aliphatic hydroxyl groups excluding tert-OH is 2. The molecule has 2 N–H and O–H groups in total. The number of unbranched alkanes of at least 4 members (excludes halogenated alkanes) is 7. The molecule has 0 bridgehead atoms. The Labute approximate surface area is 216 Å². The summed E-state index contributed by atoms with van der Waals surface area (Å²) < 4.78 is 22.3. The number of hydrogen-bond acceptors (Lipinski definition) is 6. The molecule has 36 heavy (non-hydrogen) atoms. The molecule has 0 saturated carbocycles. The Morgan fingerprint density at radius 3 is 1.69 bits per heavy atom. The van der Waals surface area contributed by atoms with E-state index in [1.54, 1.807) is 6.92 Å². The van der Waals surface area contributed by atoms with Gasteiger partial charge in [-0.25, -0.2) is 0 Å². The molecule has 0 aliphatic carbocycles. The Kier molecular flexibility index (Phi) is 12.5. The summed E-state index contributed by atoms with van der Waals surface area (Å²) in [6.45, 7) is 5.09. The van der Waals surface area contributed by atoms with Crippen LogP contribution < -0.4 is 9.47 Å². The fourth-order valence-electron chi connectivity index (χ4n) is 3.82. The Morgan fingerprint density at radius 1 is 0.722 bits per heavy atom. The van der Waals surface area contributed by atoms with Gasteiger partial charge in [0.05, 0.1) is 39.6 Å². The van der Waals surface area contributed by atoms with Gasteiger partial charge in [0, 0.05) is 12.0 Å². The monoisotopic (exact) mass is 500 g/mol. The number of hydrogen-bond donors (Lipinski definition) is 2. The van der Waals surface area contributed by atoms with E-state index in [2.05, 4.69) is 12.1 Å². The third-order valence-electron chi connectivity index (χ3n) is 6.55. The lowest BCUT2D eigenvalue weighted by molar-refractivity contribution is 0.0287. The summed E-state index contributed by atoms with van der Waals surface area (Å²) in [5.74, 6) is 1.62. The van der Waals surface area contributed by atoms with Crippen LogP contribution in [0.2, 0.25) is 0 Å². The SMILES string of the molecule is CC(CO)(CO)COc1ccc(-c2ccc(OCCCCCCCCCCOCC3CO3)cc2)cc1. The van der Waals surface area contributed by atoms with Crippen molar-refractivity contribution in [3.63, 3.8) is 0 Å². The topological polar surface area (TPSA) is 80.7 Å². The van der Waals surface area contributed by atoms with Crippen LogP contribution in [-0.2, 0) is 9.47 Å². The molecule has 200 valence electrons. The lowest BCUT2D eigenvalue weighted by Gasteiger charge is -2.24. The minimum Gasteiger partial charge on any atom is -0.494 e. The summed E-state index contributed by atoms with van der Waals surface area (Å²) in [5.41, 5.74) is 1.57. The Morgan fingerprint density at radius 2 is 1.19 bits per heavy atom. The second-order valence-corrected chi connectivity index (χ2v) is 10.2. The van der Waals surface area contributed by atoms with Gasteiger partial charge in [0.15, 0.2) is 0 Å². The van der Waals surface area contributed by atoms with Crippen molar-refractivity contribution in [1.82, 2.24) is 0 Å². The van der Waals surface area contributed by atoms with Gasteiger partial charge >= 0.3 is 0 Å². The van der Waals surface area contributed by atoms with Crippen molar-refractivity contribution in [2.24, 2.45) is 5.41 Å². The van der Waals surface area contributed by atoms with Gasteiger partial charge in [0.1, 0.15) is 17.6 Å². The first kappa shape index (κ1) is 28.5. The fourth-order valence-corrected chi connectivity index (χ4v) is 3.82. The van der Waals surface area contributed by atoms with Crippen LogP contribution in [0, 0.1) is 5.41 Å². The van der Waals surface area contributed by atoms with E-state index in [0.717, 1.165) is 61.9 Å². The number of epoxide rings is 1. The number of benzene rings is 2. The number of aliphatic hydroxyl groups is 2. The maximum absolute atomic E-state index is 9.38. The largest absolute Gasteiger partial charge is 0.494 e. The van der Waals surface area contributed by atoms with Crippen LogP contribution in [0.4, 0.5) is 0 Å². The van der Waals surface area contributed by atoms with Crippen LogP contribution in [-0.4, -0.2) is 62.6 Å². The highest BCUT2D eigenvalue weighted by Crippen LogP contribution is 2.26. The highest BCUT2D eigenvalue weighted by atomic mass is 16.6. The molecule has 1 fully saturated rings. The molecular formula is C30H44O6. The molecule has 0 aromatic heterocycles. The zero-order valence-electron chi connectivity index (χ0n) is 21.8. The normalized spacial score (nSPS) is 15.1. The summed E-state index contributed by atoms with van der Waals surface area (Å²) in [6, 6.07) is 16.0. The van der Waals surface area contributed by atoms with Crippen molar-refractivity contribution in [2.75, 3.05) is 46.2 Å². The van der Waals surface area contributed by atoms with Crippen LogP contribution in [0.15, 0.2) is 48.5 Å². The van der Waals surface area contributed by atoms with E-state index in [-0.39, 0.29) is 19.8 Å². The second-order valence-electron chi connectivity index (χ2n) is 10.2. The summed E-state index contributed by atoms with van der Waals surface area (Å²) in [6.07, 6.45) is 10.3.